The fraction of sp³-hybridized carbons (Fsp3) is 0.500. The van der Waals surface area contributed by atoms with Gasteiger partial charge in [-0.05, 0) is 25.5 Å². The van der Waals surface area contributed by atoms with Crippen LogP contribution < -0.4 is 10.6 Å². The van der Waals surface area contributed by atoms with Crippen LogP contribution in [0.4, 0.5) is 19.0 Å². The van der Waals surface area contributed by atoms with Crippen molar-refractivity contribution in [2.45, 2.75) is 26.4 Å². The van der Waals surface area contributed by atoms with E-state index in [2.05, 4.69) is 4.98 Å². The summed E-state index contributed by atoms with van der Waals surface area (Å²) in [6, 6.07) is 1.75. The van der Waals surface area contributed by atoms with E-state index in [0.717, 1.165) is 5.56 Å². The van der Waals surface area contributed by atoms with Crippen LogP contribution in [0.5, 0.6) is 0 Å². The Hall–Kier alpha value is -1.79. The lowest BCUT2D eigenvalue weighted by molar-refractivity contribution is -0.132. The van der Waals surface area contributed by atoms with Crippen molar-refractivity contribution < 1.29 is 13.2 Å². The summed E-state index contributed by atoms with van der Waals surface area (Å²) in [6.07, 6.45) is -5.15. The van der Waals surface area contributed by atoms with Gasteiger partial charge >= 0.3 is 6.18 Å². The first-order chi connectivity index (χ1) is 8.61. The molecule has 0 radical (unpaired) electrons. The van der Waals surface area contributed by atoms with E-state index < -0.39 is 12.6 Å². The molecule has 106 valence electrons. The van der Waals surface area contributed by atoms with Crippen LogP contribution in [-0.4, -0.2) is 30.6 Å². The molecule has 1 heterocycles. The summed E-state index contributed by atoms with van der Waals surface area (Å²) >= 11 is 0. The van der Waals surface area contributed by atoms with Crippen LogP contribution in [0.1, 0.15) is 23.2 Å². The molecule has 0 aliphatic heterocycles. The van der Waals surface area contributed by atoms with Gasteiger partial charge in [-0.2, -0.15) is 13.2 Å². The molecule has 1 aromatic heterocycles. The highest BCUT2D eigenvalue weighted by molar-refractivity contribution is 6.01. The zero-order valence-electron chi connectivity index (χ0n) is 11.1. The van der Waals surface area contributed by atoms with E-state index in [1.165, 1.54) is 11.9 Å². The van der Waals surface area contributed by atoms with Crippen molar-refractivity contribution in [1.29, 1.82) is 5.41 Å². The Morgan fingerprint density at radius 2 is 2.00 bits per heavy atom. The van der Waals surface area contributed by atoms with E-state index in [0.29, 0.717) is 17.1 Å². The number of hydrogen-bond acceptors (Lipinski definition) is 3. The van der Waals surface area contributed by atoms with Crippen molar-refractivity contribution in [2.24, 2.45) is 5.73 Å². The molecule has 0 aromatic carbocycles. The van der Waals surface area contributed by atoms with E-state index in [9.17, 15) is 13.2 Å². The van der Waals surface area contributed by atoms with Crippen molar-refractivity contribution in [3.63, 3.8) is 0 Å². The number of hydrogen-bond donors (Lipinski definition) is 2. The van der Waals surface area contributed by atoms with E-state index >= 15 is 0 Å². The molecule has 0 amide bonds. The Labute approximate surface area is 109 Å². The zero-order valence-corrected chi connectivity index (χ0v) is 11.1. The fourth-order valence-corrected chi connectivity index (χ4v) is 1.83. The smallest absolute Gasteiger partial charge is 0.384 e. The molecule has 0 spiro atoms. The second-order valence-electron chi connectivity index (χ2n) is 4.48. The summed E-state index contributed by atoms with van der Waals surface area (Å²) in [5.41, 5.74) is 7.27. The first kappa shape index (κ1) is 15.3. The number of pyridine rings is 1. The summed E-state index contributed by atoms with van der Waals surface area (Å²) in [4.78, 5) is 5.57. The normalized spacial score (nSPS) is 11.5. The number of alkyl halides is 3. The number of nitrogens with zero attached hydrogens (tertiary/aromatic N) is 2. The summed E-state index contributed by atoms with van der Waals surface area (Å²) < 4.78 is 36.7. The van der Waals surface area contributed by atoms with E-state index in [1.807, 2.05) is 0 Å². The number of nitrogens with one attached hydrogen (secondary N) is 1. The van der Waals surface area contributed by atoms with Crippen molar-refractivity contribution in [1.82, 2.24) is 4.98 Å². The van der Waals surface area contributed by atoms with Gasteiger partial charge in [0.1, 0.15) is 11.7 Å². The number of anilines is 1. The maximum Gasteiger partial charge on any atom is 0.390 e. The number of nitrogen functional groups attached to an aromatic ring is 1. The Bertz CT molecular complexity index is 483. The van der Waals surface area contributed by atoms with Crippen molar-refractivity contribution in [3.8, 4) is 0 Å². The summed E-state index contributed by atoms with van der Waals surface area (Å²) in [6.45, 7) is 3.28. The van der Waals surface area contributed by atoms with Crippen LogP contribution in [0.2, 0.25) is 0 Å². The molecule has 0 atom stereocenters. The molecule has 0 fully saturated rings. The van der Waals surface area contributed by atoms with Gasteiger partial charge in [0.15, 0.2) is 0 Å². The lowest BCUT2D eigenvalue weighted by Crippen LogP contribution is -2.28. The molecule has 3 N–H and O–H groups in total. The lowest BCUT2D eigenvalue weighted by atomic mass is 10.1. The standard InChI is InChI=1S/C12H17F3N4/c1-7-6-8(2)18-11(9(7)10(16)17)19(3)5-4-12(13,14)15/h6H,4-5H2,1-3H3,(H3,16,17). The molecule has 4 nitrogen and oxygen atoms in total. The lowest BCUT2D eigenvalue weighted by Gasteiger charge is -2.23. The molecule has 1 rings (SSSR count). The van der Waals surface area contributed by atoms with Gasteiger partial charge in [-0.3, -0.25) is 5.41 Å². The molecule has 0 saturated heterocycles. The van der Waals surface area contributed by atoms with Gasteiger partial charge in [-0.25, -0.2) is 4.98 Å². The monoisotopic (exact) mass is 274 g/mol. The predicted octanol–water partition coefficient (Wildman–Crippen LogP) is 2.37. The largest absolute Gasteiger partial charge is 0.390 e. The van der Waals surface area contributed by atoms with Crippen LogP contribution in [0.3, 0.4) is 0 Å². The molecule has 7 heteroatoms. The highest BCUT2D eigenvalue weighted by atomic mass is 19.4. The van der Waals surface area contributed by atoms with Gasteiger partial charge in [-0.15, -0.1) is 0 Å². The molecule has 19 heavy (non-hydrogen) atoms. The summed E-state index contributed by atoms with van der Waals surface area (Å²) in [5, 5.41) is 7.52. The van der Waals surface area contributed by atoms with Gasteiger partial charge in [0.2, 0.25) is 0 Å². The first-order valence-corrected chi connectivity index (χ1v) is 5.72. The average Bonchev–Trinajstić information content (AvgIpc) is 2.22. The number of rotatable bonds is 4. The number of aryl methyl sites for hydroxylation is 2. The Kier molecular flexibility index (Phi) is 4.39. The van der Waals surface area contributed by atoms with Crippen LogP contribution in [0.25, 0.3) is 0 Å². The minimum Gasteiger partial charge on any atom is -0.384 e. The quantitative estimate of drug-likeness (QED) is 0.654. The van der Waals surface area contributed by atoms with Crippen LogP contribution in [0, 0.1) is 19.3 Å². The number of aromatic nitrogens is 1. The van der Waals surface area contributed by atoms with Crippen LogP contribution in [-0.2, 0) is 0 Å². The maximum absolute atomic E-state index is 12.2. The van der Waals surface area contributed by atoms with E-state index in [4.69, 9.17) is 11.1 Å². The molecule has 1 aromatic rings. The Morgan fingerprint density at radius 3 is 2.47 bits per heavy atom. The molecule has 0 saturated carbocycles. The molecule has 0 aliphatic rings. The second kappa shape index (κ2) is 5.46. The summed E-state index contributed by atoms with van der Waals surface area (Å²) in [5.74, 6) is 0.119. The van der Waals surface area contributed by atoms with Gasteiger partial charge < -0.3 is 10.6 Å². The topological polar surface area (TPSA) is 66.0 Å². The minimum absolute atomic E-state index is 0.196. The second-order valence-corrected chi connectivity index (χ2v) is 4.48. The van der Waals surface area contributed by atoms with Crippen molar-refractivity contribution >= 4 is 11.7 Å². The number of nitrogens with two attached hydrogens (primary N) is 1. The Morgan fingerprint density at radius 1 is 1.42 bits per heavy atom. The Balaban J connectivity index is 3.08. The molecule has 0 unspecified atom stereocenters. The molecule has 0 bridgehead atoms. The van der Waals surface area contributed by atoms with E-state index in [1.54, 1.807) is 19.9 Å². The SMILES string of the molecule is Cc1cc(C)c(C(=N)N)c(N(C)CCC(F)(F)F)n1. The first-order valence-electron chi connectivity index (χ1n) is 5.72. The zero-order chi connectivity index (χ0) is 14.8. The third kappa shape index (κ3) is 4.11. The average molecular weight is 274 g/mol. The van der Waals surface area contributed by atoms with Crippen LogP contribution in [0.15, 0.2) is 6.07 Å². The van der Waals surface area contributed by atoms with Crippen LogP contribution >= 0.6 is 0 Å². The number of halogens is 3. The van der Waals surface area contributed by atoms with Gasteiger partial charge in [0, 0.05) is 19.3 Å². The van der Waals surface area contributed by atoms with Crippen molar-refractivity contribution in [2.75, 3.05) is 18.5 Å². The maximum atomic E-state index is 12.2. The van der Waals surface area contributed by atoms with Gasteiger partial charge in [0.05, 0.1) is 12.0 Å². The molecular formula is C12H17F3N4. The van der Waals surface area contributed by atoms with Gasteiger partial charge in [0.25, 0.3) is 0 Å². The van der Waals surface area contributed by atoms with E-state index in [-0.39, 0.29) is 12.4 Å². The minimum atomic E-state index is -4.22. The third-order valence-electron chi connectivity index (χ3n) is 2.69. The predicted molar refractivity (Wildman–Crippen MR) is 68.7 cm³/mol. The third-order valence-corrected chi connectivity index (χ3v) is 2.69. The molecule has 0 aliphatic carbocycles. The molecular weight excluding hydrogens is 257 g/mol. The highest BCUT2D eigenvalue weighted by Crippen LogP contribution is 2.24. The van der Waals surface area contributed by atoms with Gasteiger partial charge in [-0.1, -0.05) is 0 Å². The van der Waals surface area contributed by atoms with Crippen molar-refractivity contribution in [3.05, 3.63) is 22.9 Å². The summed E-state index contributed by atoms with van der Waals surface area (Å²) in [7, 11) is 1.51. The highest BCUT2D eigenvalue weighted by Gasteiger charge is 2.28. The number of amidine groups is 1. The fourth-order valence-electron chi connectivity index (χ4n) is 1.83.